The van der Waals surface area contributed by atoms with E-state index in [1.54, 1.807) is 11.8 Å². The van der Waals surface area contributed by atoms with Crippen molar-refractivity contribution in [2.45, 2.75) is 19.0 Å². The van der Waals surface area contributed by atoms with E-state index in [4.69, 9.17) is 18.9 Å². The SMILES string of the molecule is COC(=O)C1=C(CN2CCOC[C@H]2C(=O)O)NC(c2ncoc2C)=N[C@H]1c1ccc(F)cc1Br. The van der Waals surface area contributed by atoms with Gasteiger partial charge in [-0.1, -0.05) is 22.0 Å². The Bertz CT molecular complexity index is 1180. The number of carboxylic acids is 1. The number of aliphatic imine (C=N–C) groups is 1. The van der Waals surface area contributed by atoms with Gasteiger partial charge in [0.1, 0.15) is 29.4 Å². The van der Waals surface area contributed by atoms with Gasteiger partial charge in [-0.2, -0.15) is 0 Å². The highest BCUT2D eigenvalue weighted by molar-refractivity contribution is 9.10. The van der Waals surface area contributed by atoms with Crippen LogP contribution in [0.2, 0.25) is 0 Å². The number of aromatic nitrogens is 1. The second-order valence-electron chi connectivity index (χ2n) is 7.71. The number of amidine groups is 1. The van der Waals surface area contributed by atoms with Gasteiger partial charge in [0.2, 0.25) is 0 Å². The third-order valence-electron chi connectivity index (χ3n) is 5.64. The number of ether oxygens (including phenoxy) is 2. The quantitative estimate of drug-likeness (QED) is 0.534. The van der Waals surface area contributed by atoms with E-state index in [0.717, 1.165) is 0 Å². The molecule has 3 heterocycles. The first-order valence-electron chi connectivity index (χ1n) is 10.4. The fraction of sp³-hybridized carbons (Fsp3) is 0.364. The Morgan fingerprint density at radius 2 is 2.21 bits per heavy atom. The van der Waals surface area contributed by atoms with Crippen LogP contribution in [0.15, 0.2) is 49.7 Å². The third kappa shape index (κ3) is 4.74. The molecule has 0 aliphatic carbocycles. The van der Waals surface area contributed by atoms with E-state index in [1.807, 2.05) is 0 Å². The predicted octanol–water partition coefficient (Wildman–Crippen LogP) is 2.19. The number of hydrogen-bond acceptors (Lipinski definition) is 9. The van der Waals surface area contributed by atoms with Crippen LogP contribution in [0.25, 0.3) is 0 Å². The summed E-state index contributed by atoms with van der Waals surface area (Å²) in [5.74, 6) is -1.31. The molecule has 1 aromatic heterocycles. The van der Waals surface area contributed by atoms with Crippen LogP contribution in [0.5, 0.6) is 0 Å². The molecule has 0 radical (unpaired) electrons. The first kappa shape index (κ1) is 24.0. The number of esters is 1. The maximum atomic E-state index is 13.8. The van der Waals surface area contributed by atoms with Gasteiger partial charge in [0.05, 0.1) is 25.9 Å². The maximum absolute atomic E-state index is 13.8. The maximum Gasteiger partial charge on any atom is 0.338 e. The van der Waals surface area contributed by atoms with Crippen LogP contribution >= 0.6 is 15.9 Å². The third-order valence-corrected chi connectivity index (χ3v) is 6.33. The van der Waals surface area contributed by atoms with Crippen molar-refractivity contribution in [3.05, 3.63) is 63.2 Å². The highest BCUT2D eigenvalue weighted by Gasteiger charge is 2.37. The molecule has 4 rings (SSSR count). The number of aryl methyl sites for hydroxylation is 1. The lowest BCUT2D eigenvalue weighted by atomic mass is 9.94. The second kappa shape index (κ2) is 10.0. The molecule has 2 aromatic rings. The summed E-state index contributed by atoms with van der Waals surface area (Å²) in [5, 5.41) is 12.8. The average Bonchev–Trinajstić information content (AvgIpc) is 3.24. The number of morpholine rings is 1. The lowest BCUT2D eigenvalue weighted by Gasteiger charge is -2.35. The molecule has 2 N–H and O–H groups in total. The first-order chi connectivity index (χ1) is 16.3. The number of nitrogens with one attached hydrogen (secondary N) is 1. The summed E-state index contributed by atoms with van der Waals surface area (Å²) >= 11 is 3.37. The molecule has 2 aliphatic rings. The Labute approximate surface area is 202 Å². The highest BCUT2D eigenvalue weighted by Crippen LogP contribution is 2.37. The summed E-state index contributed by atoms with van der Waals surface area (Å²) in [6, 6.07) is 2.31. The van der Waals surface area contributed by atoms with Gasteiger partial charge in [0.15, 0.2) is 12.2 Å². The number of benzene rings is 1. The molecule has 180 valence electrons. The van der Waals surface area contributed by atoms with Gasteiger partial charge in [0.25, 0.3) is 0 Å². The van der Waals surface area contributed by atoms with Crippen LogP contribution in [-0.4, -0.2) is 72.2 Å². The largest absolute Gasteiger partial charge is 0.480 e. The molecular weight excluding hydrogens is 515 g/mol. The molecule has 0 amide bonds. The number of hydrogen-bond donors (Lipinski definition) is 2. The molecule has 2 aliphatic heterocycles. The van der Waals surface area contributed by atoms with Gasteiger partial charge >= 0.3 is 11.9 Å². The van der Waals surface area contributed by atoms with Crippen LogP contribution in [0.1, 0.15) is 23.1 Å². The van der Waals surface area contributed by atoms with Crippen molar-refractivity contribution < 1.29 is 33.0 Å². The van der Waals surface area contributed by atoms with Gasteiger partial charge in [-0.3, -0.25) is 14.7 Å². The van der Waals surface area contributed by atoms with Crippen molar-refractivity contribution in [3.63, 3.8) is 0 Å². The predicted molar refractivity (Wildman–Crippen MR) is 121 cm³/mol. The number of carbonyl (C=O) groups excluding carboxylic acids is 1. The Morgan fingerprint density at radius 3 is 2.85 bits per heavy atom. The van der Waals surface area contributed by atoms with Gasteiger partial charge in [-0.05, 0) is 24.6 Å². The zero-order chi connectivity index (χ0) is 24.4. The Balaban J connectivity index is 1.85. The van der Waals surface area contributed by atoms with E-state index in [-0.39, 0.29) is 18.7 Å². The fourth-order valence-electron chi connectivity index (χ4n) is 3.93. The summed E-state index contributed by atoms with van der Waals surface area (Å²) < 4.78 is 29.9. The zero-order valence-electron chi connectivity index (χ0n) is 18.4. The number of aliphatic carboxylic acids is 1. The molecule has 0 unspecified atom stereocenters. The van der Waals surface area contributed by atoms with Gasteiger partial charge in [0, 0.05) is 23.3 Å². The molecule has 1 saturated heterocycles. The lowest BCUT2D eigenvalue weighted by molar-refractivity contribution is -0.149. The Morgan fingerprint density at radius 1 is 1.41 bits per heavy atom. The second-order valence-corrected chi connectivity index (χ2v) is 8.57. The lowest BCUT2D eigenvalue weighted by Crippen LogP contribution is -2.52. The molecule has 0 spiro atoms. The molecular formula is C22H22BrFN4O6. The topological polar surface area (TPSA) is 126 Å². The van der Waals surface area contributed by atoms with Crippen LogP contribution in [-0.2, 0) is 19.1 Å². The average molecular weight is 537 g/mol. The smallest absolute Gasteiger partial charge is 0.338 e. The Hall–Kier alpha value is -3.09. The molecule has 0 bridgehead atoms. The molecule has 34 heavy (non-hydrogen) atoms. The summed E-state index contributed by atoms with van der Waals surface area (Å²) in [5.41, 5.74) is 1.53. The van der Waals surface area contributed by atoms with Gasteiger partial charge in [-0.15, -0.1) is 0 Å². The van der Waals surface area contributed by atoms with Crippen molar-refractivity contribution in [3.8, 4) is 0 Å². The number of halogens is 2. The van der Waals surface area contributed by atoms with Crippen molar-refractivity contribution >= 4 is 33.7 Å². The van der Waals surface area contributed by atoms with Crippen molar-refractivity contribution in [1.82, 2.24) is 15.2 Å². The van der Waals surface area contributed by atoms with E-state index in [0.29, 0.717) is 46.2 Å². The molecule has 0 saturated carbocycles. The van der Waals surface area contributed by atoms with Crippen molar-refractivity contribution in [2.24, 2.45) is 4.99 Å². The minimum absolute atomic E-state index is 0.0203. The van der Waals surface area contributed by atoms with Crippen molar-refractivity contribution in [2.75, 3.05) is 33.4 Å². The zero-order valence-corrected chi connectivity index (χ0v) is 20.0. The number of carbonyl (C=O) groups is 2. The number of methoxy groups -OCH3 is 1. The van der Waals surface area contributed by atoms with Gasteiger partial charge in [-0.25, -0.2) is 14.2 Å². The Kier molecular flexibility index (Phi) is 7.10. The fourth-order valence-corrected chi connectivity index (χ4v) is 4.50. The first-order valence-corrected chi connectivity index (χ1v) is 11.2. The number of nitrogens with zero attached hydrogens (tertiary/aromatic N) is 3. The van der Waals surface area contributed by atoms with E-state index < -0.39 is 29.8 Å². The normalized spacial score (nSPS) is 21.1. The number of carboxylic acid groups (broad SMARTS) is 1. The summed E-state index contributed by atoms with van der Waals surface area (Å²) in [7, 11) is 1.25. The monoisotopic (exact) mass is 536 g/mol. The highest BCUT2D eigenvalue weighted by atomic mass is 79.9. The molecule has 10 nitrogen and oxygen atoms in total. The molecule has 1 fully saturated rings. The molecule has 12 heteroatoms. The van der Waals surface area contributed by atoms with Crippen LogP contribution in [0.3, 0.4) is 0 Å². The number of rotatable bonds is 6. The number of oxazole rings is 1. The summed E-state index contributed by atoms with van der Waals surface area (Å²) in [6.45, 7) is 2.51. The van der Waals surface area contributed by atoms with Crippen LogP contribution in [0, 0.1) is 12.7 Å². The van der Waals surface area contributed by atoms with Crippen LogP contribution in [0.4, 0.5) is 4.39 Å². The summed E-state index contributed by atoms with van der Waals surface area (Å²) in [4.78, 5) is 35.4. The van der Waals surface area contributed by atoms with E-state index in [2.05, 4.69) is 26.2 Å². The summed E-state index contributed by atoms with van der Waals surface area (Å²) in [6.07, 6.45) is 1.28. The molecule has 1 aromatic carbocycles. The molecule has 2 atom stereocenters. The van der Waals surface area contributed by atoms with E-state index in [1.165, 1.54) is 31.7 Å². The minimum atomic E-state index is -1.03. The van der Waals surface area contributed by atoms with Gasteiger partial charge < -0.3 is 24.3 Å². The minimum Gasteiger partial charge on any atom is -0.480 e. The van der Waals surface area contributed by atoms with Crippen LogP contribution < -0.4 is 5.32 Å². The van der Waals surface area contributed by atoms with E-state index in [9.17, 15) is 19.1 Å². The van der Waals surface area contributed by atoms with Crippen molar-refractivity contribution in [1.29, 1.82) is 0 Å². The van der Waals surface area contributed by atoms with E-state index >= 15 is 0 Å². The standard InChI is InChI=1S/C22H22BrFN4O6/c1-11-18(25-10-34-11)20-26-15(8-28-5-6-33-9-16(28)21(29)30)17(22(31)32-2)19(27-20)13-4-3-12(24)7-14(13)23/h3-4,7,10,16,19H,5-6,8-9H2,1-2H3,(H,26,27)(H,29,30)/t16-,19-/m0/s1.